The SMILES string of the molecule is COc1cccc(C2=CC3=CC(C)NC(C)=C3CO2)c1. The number of hydrogen-bond donors (Lipinski definition) is 1. The molecule has 3 rings (SSSR count). The van der Waals surface area contributed by atoms with Gasteiger partial charge in [0.1, 0.15) is 18.1 Å². The first-order chi connectivity index (χ1) is 9.67. The predicted molar refractivity (Wildman–Crippen MR) is 80.3 cm³/mol. The topological polar surface area (TPSA) is 30.5 Å². The van der Waals surface area contributed by atoms with Crippen molar-refractivity contribution in [2.75, 3.05) is 13.7 Å². The van der Waals surface area contributed by atoms with Crippen molar-refractivity contribution in [1.82, 2.24) is 5.32 Å². The molecule has 1 atom stereocenters. The Morgan fingerprint density at radius 3 is 3.00 bits per heavy atom. The van der Waals surface area contributed by atoms with Crippen molar-refractivity contribution < 1.29 is 9.47 Å². The Labute approximate surface area is 119 Å². The van der Waals surface area contributed by atoms with Gasteiger partial charge in [-0.15, -0.1) is 0 Å². The summed E-state index contributed by atoms with van der Waals surface area (Å²) < 4.78 is 11.2. The number of methoxy groups -OCH3 is 1. The molecule has 1 aromatic rings. The van der Waals surface area contributed by atoms with Crippen molar-refractivity contribution in [3.8, 4) is 5.75 Å². The molecule has 0 amide bonds. The fourth-order valence-corrected chi connectivity index (χ4v) is 2.66. The van der Waals surface area contributed by atoms with Gasteiger partial charge in [0.2, 0.25) is 0 Å². The van der Waals surface area contributed by atoms with Gasteiger partial charge in [0.25, 0.3) is 0 Å². The van der Waals surface area contributed by atoms with Gasteiger partial charge in [-0.3, -0.25) is 0 Å². The first kappa shape index (κ1) is 12.9. The lowest BCUT2D eigenvalue weighted by Gasteiger charge is -2.28. The van der Waals surface area contributed by atoms with Crippen LogP contribution in [0.15, 0.2) is 53.3 Å². The van der Waals surface area contributed by atoms with Crippen molar-refractivity contribution in [2.24, 2.45) is 0 Å². The van der Waals surface area contributed by atoms with E-state index in [4.69, 9.17) is 9.47 Å². The summed E-state index contributed by atoms with van der Waals surface area (Å²) in [6, 6.07) is 8.32. The van der Waals surface area contributed by atoms with Gasteiger partial charge in [0.15, 0.2) is 0 Å². The molecule has 2 aliphatic heterocycles. The molecule has 0 saturated heterocycles. The number of fused-ring (bicyclic) bond motifs is 1. The number of benzene rings is 1. The molecule has 0 fully saturated rings. The summed E-state index contributed by atoms with van der Waals surface area (Å²) in [7, 11) is 1.68. The zero-order valence-corrected chi connectivity index (χ0v) is 12.1. The lowest BCUT2D eigenvalue weighted by molar-refractivity contribution is 0.302. The predicted octanol–water partition coefficient (Wildman–Crippen LogP) is 3.26. The smallest absolute Gasteiger partial charge is 0.127 e. The van der Waals surface area contributed by atoms with Gasteiger partial charge < -0.3 is 14.8 Å². The van der Waals surface area contributed by atoms with Crippen molar-refractivity contribution in [3.05, 3.63) is 58.8 Å². The van der Waals surface area contributed by atoms with Crippen LogP contribution in [0.25, 0.3) is 5.76 Å². The number of nitrogens with one attached hydrogen (secondary N) is 1. The molecular formula is C17H19NO2. The second-order valence-electron chi connectivity index (χ2n) is 5.19. The molecule has 3 heteroatoms. The number of rotatable bonds is 2. The van der Waals surface area contributed by atoms with Crippen LogP contribution < -0.4 is 10.1 Å². The molecule has 1 unspecified atom stereocenters. The van der Waals surface area contributed by atoms with Crippen molar-refractivity contribution >= 4 is 5.76 Å². The summed E-state index contributed by atoms with van der Waals surface area (Å²) in [5.74, 6) is 1.75. The first-order valence-electron chi connectivity index (χ1n) is 6.85. The zero-order chi connectivity index (χ0) is 14.1. The van der Waals surface area contributed by atoms with Crippen molar-refractivity contribution in [3.63, 3.8) is 0 Å². The van der Waals surface area contributed by atoms with Crippen molar-refractivity contribution in [2.45, 2.75) is 19.9 Å². The monoisotopic (exact) mass is 269 g/mol. The molecule has 1 N–H and O–H groups in total. The highest BCUT2D eigenvalue weighted by Gasteiger charge is 2.21. The highest BCUT2D eigenvalue weighted by Crippen LogP contribution is 2.32. The number of dihydropyridines is 1. The fourth-order valence-electron chi connectivity index (χ4n) is 2.66. The van der Waals surface area contributed by atoms with E-state index in [0.717, 1.165) is 17.1 Å². The quantitative estimate of drug-likeness (QED) is 0.894. The van der Waals surface area contributed by atoms with E-state index < -0.39 is 0 Å². The Balaban J connectivity index is 1.98. The average molecular weight is 269 g/mol. The van der Waals surface area contributed by atoms with E-state index in [9.17, 15) is 0 Å². The summed E-state index contributed by atoms with van der Waals surface area (Å²) in [4.78, 5) is 0. The maximum Gasteiger partial charge on any atom is 0.127 e. The second-order valence-corrected chi connectivity index (χ2v) is 5.19. The van der Waals surface area contributed by atoms with E-state index in [1.807, 2.05) is 24.3 Å². The lowest BCUT2D eigenvalue weighted by Crippen LogP contribution is -2.29. The Bertz CT molecular complexity index is 626. The van der Waals surface area contributed by atoms with Gasteiger partial charge in [0.05, 0.1) is 7.11 Å². The molecule has 20 heavy (non-hydrogen) atoms. The standard InChI is InChI=1S/C17H19NO2/c1-11-7-14-9-17(20-10-16(14)12(2)18-11)13-5-4-6-15(8-13)19-3/h4-9,11,18H,10H2,1-3H3. The Morgan fingerprint density at radius 1 is 1.35 bits per heavy atom. The molecule has 2 aliphatic rings. The summed E-state index contributed by atoms with van der Waals surface area (Å²) >= 11 is 0. The van der Waals surface area contributed by atoms with E-state index in [0.29, 0.717) is 12.6 Å². The van der Waals surface area contributed by atoms with Gasteiger partial charge in [-0.05, 0) is 37.6 Å². The molecule has 0 radical (unpaired) electrons. The molecule has 0 aliphatic carbocycles. The van der Waals surface area contributed by atoms with Crippen LogP contribution in [0.2, 0.25) is 0 Å². The number of allylic oxidation sites excluding steroid dienone is 2. The lowest BCUT2D eigenvalue weighted by atomic mass is 9.95. The molecule has 0 spiro atoms. The van der Waals surface area contributed by atoms with Crippen LogP contribution in [-0.4, -0.2) is 19.8 Å². The fraction of sp³-hybridized carbons (Fsp3) is 0.294. The first-order valence-corrected chi connectivity index (χ1v) is 6.85. The minimum absolute atomic E-state index is 0.356. The van der Waals surface area contributed by atoms with Gasteiger partial charge in [-0.2, -0.15) is 0 Å². The Morgan fingerprint density at radius 2 is 2.20 bits per heavy atom. The molecule has 0 aromatic heterocycles. The van der Waals surface area contributed by atoms with E-state index >= 15 is 0 Å². The van der Waals surface area contributed by atoms with Crippen molar-refractivity contribution in [1.29, 1.82) is 0 Å². The minimum Gasteiger partial charge on any atom is -0.497 e. The van der Waals surface area contributed by atoms with E-state index in [1.165, 1.54) is 16.8 Å². The number of ether oxygens (including phenoxy) is 2. The van der Waals surface area contributed by atoms with Crippen LogP contribution in [-0.2, 0) is 4.74 Å². The summed E-state index contributed by atoms with van der Waals surface area (Å²) in [6.45, 7) is 4.87. The molecule has 2 heterocycles. The van der Waals surface area contributed by atoms with E-state index in [1.54, 1.807) is 7.11 Å². The van der Waals surface area contributed by atoms with Crippen LogP contribution in [0.4, 0.5) is 0 Å². The van der Waals surface area contributed by atoms with Gasteiger partial charge in [-0.1, -0.05) is 18.2 Å². The Hall–Kier alpha value is -2.16. The molecule has 0 saturated carbocycles. The summed E-state index contributed by atoms with van der Waals surface area (Å²) in [5.41, 5.74) is 4.76. The van der Waals surface area contributed by atoms with Crippen LogP contribution in [0, 0.1) is 0 Å². The van der Waals surface area contributed by atoms with Gasteiger partial charge >= 0.3 is 0 Å². The second kappa shape index (κ2) is 5.08. The minimum atomic E-state index is 0.356. The molecule has 3 nitrogen and oxygen atoms in total. The van der Waals surface area contributed by atoms with Crippen LogP contribution >= 0.6 is 0 Å². The van der Waals surface area contributed by atoms with Crippen LogP contribution in [0.1, 0.15) is 19.4 Å². The molecule has 0 bridgehead atoms. The van der Waals surface area contributed by atoms with E-state index in [2.05, 4.69) is 31.3 Å². The molecular weight excluding hydrogens is 250 g/mol. The maximum atomic E-state index is 5.91. The van der Waals surface area contributed by atoms with Crippen LogP contribution in [0.5, 0.6) is 5.75 Å². The summed E-state index contributed by atoms with van der Waals surface area (Å²) in [5, 5.41) is 3.43. The third-order valence-electron chi connectivity index (χ3n) is 3.69. The largest absolute Gasteiger partial charge is 0.497 e. The van der Waals surface area contributed by atoms with E-state index in [-0.39, 0.29) is 0 Å². The maximum absolute atomic E-state index is 5.91. The van der Waals surface area contributed by atoms with Gasteiger partial charge in [0, 0.05) is 22.9 Å². The highest BCUT2D eigenvalue weighted by atomic mass is 16.5. The van der Waals surface area contributed by atoms with Gasteiger partial charge in [-0.25, -0.2) is 0 Å². The third-order valence-corrected chi connectivity index (χ3v) is 3.69. The third kappa shape index (κ3) is 2.31. The molecule has 104 valence electrons. The molecule has 1 aromatic carbocycles. The number of hydrogen-bond acceptors (Lipinski definition) is 3. The average Bonchev–Trinajstić information content (AvgIpc) is 2.46. The normalized spacial score (nSPS) is 21.2. The zero-order valence-electron chi connectivity index (χ0n) is 12.1. The Kier molecular flexibility index (Phi) is 3.26. The van der Waals surface area contributed by atoms with Crippen LogP contribution in [0.3, 0.4) is 0 Å². The highest BCUT2D eigenvalue weighted by molar-refractivity contribution is 5.69. The summed E-state index contributed by atoms with van der Waals surface area (Å²) in [6.07, 6.45) is 4.36.